The van der Waals surface area contributed by atoms with Gasteiger partial charge in [-0.15, -0.1) is 0 Å². The highest BCUT2D eigenvalue weighted by atomic mass is 15.2. The van der Waals surface area contributed by atoms with Crippen molar-refractivity contribution in [3.8, 4) is 0 Å². The minimum Gasteiger partial charge on any atom is -0.313 e. The lowest BCUT2D eigenvalue weighted by Crippen LogP contribution is -2.49. The van der Waals surface area contributed by atoms with E-state index in [-0.39, 0.29) is 0 Å². The van der Waals surface area contributed by atoms with Crippen molar-refractivity contribution in [1.82, 2.24) is 10.2 Å². The van der Waals surface area contributed by atoms with Gasteiger partial charge in [0, 0.05) is 31.2 Å². The molecule has 2 nitrogen and oxygen atoms in total. The van der Waals surface area contributed by atoms with Gasteiger partial charge in [-0.25, -0.2) is 0 Å². The van der Waals surface area contributed by atoms with Gasteiger partial charge in [0.2, 0.25) is 0 Å². The molecular weight excluding hydrogens is 220 g/mol. The summed E-state index contributed by atoms with van der Waals surface area (Å²) in [5, 5.41) is 3.63. The fourth-order valence-corrected chi connectivity index (χ4v) is 3.12. The van der Waals surface area contributed by atoms with E-state index < -0.39 is 0 Å². The zero-order chi connectivity index (χ0) is 13.5. The van der Waals surface area contributed by atoms with Crippen molar-refractivity contribution < 1.29 is 0 Å². The van der Waals surface area contributed by atoms with E-state index in [2.05, 4.69) is 44.8 Å². The number of hydrogen-bond acceptors (Lipinski definition) is 2. The highest BCUT2D eigenvalue weighted by Gasteiger charge is 2.28. The van der Waals surface area contributed by atoms with Crippen molar-refractivity contribution in [2.24, 2.45) is 5.92 Å². The van der Waals surface area contributed by atoms with Crippen LogP contribution in [-0.4, -0.2) is 36.1 Å². The van der Waals surface area contributed by atoms with Gasteiger partial charge in [-0.1, -0.05) is 47.5 Å². The summed E-state index contributed by atoms with van der Waals surface area (Å²) in [6, 6.07) is 2.17. The maximum absolute atomic E-state index is 3.63. The quantitative estimate of drug-likeness (QED) is 0.711. The van der Waals surface area contributed by atoms with Crippen LogP contribution in [0.2, 0.25) is 0 Å². The summed E-state index contributed by atoms with van der Waals surface area (Å²) in [4.78, 5) is 2.81. The molecule has 0 amide bonds. The van der Waals surface area contributed by atoms with E-state index in [1.54, 1.807) is 0 Å². The second kappa shape index (κ2) is 8.16. The van der Waals surface area contributed by atoms with E-state index in [4.69, 9.17) is 0 Å². The summed E-state index contributed by atoms with van der Waals surface area (Å²) < 4.78 is 0. The molecule has 1 fully saturated rings. The molecule has 1 aliphatic rings. The minimum atomic E-state index is 0.600. The zero-order valence-electron chi connectivity index (χ0n) is 13.2. The second-order valence-electron chi connectivity index (χ2n) is 6.65. The molecule has 1 aliphatic carbocycles. The van der Waals surface area contributed by atoms with E-state index in [1.807, 2.05) is 0 Å². The zero-order valence-corrected chi connectivity index (χ0v) is 13.2. The molecule has 108 valence electrons. The fraction of sp³-hybridized carbons (Fsp3) is 1.00. The Morgan fingerprint density at radius 1 is 1.11 bits per heavy atom. The van der Waals surface area contributed by atoms with Crippen molar-refractivity contribution in [2.45, 2.75) is 84.8 Å². The van der Waals surface area contributed by atoms with Crippen molar-refractivity contribution in [1.29, 1.82) is 0 Å². The van der Waals surface area contributed by atoms with E-state index in [9.17, 15) is 0 Å². The van der Waals surface area contributed by atoms with Crippen LogP contribution < -0.4 is 5.32 Å². The van der Waals surface area contributed by atoms with Gasteiger partial charge in [-0.05, 0) is 25.2 Å². The van der Waals surface area contributed by atoms with Crippen LogP contribution >= 0.6 is 0 Å². The Hall–Kier alpha value is -0.0800. The molecule has 2 heteroatoms. The van der Waals surface area contributed by atoms with E-state index in [1.165, 1.54) is 38.6 Å². The van der Waals surface area contributed by atoms with Gasteiger partial charge in [-0.3, -0.25) is 4.90 Å². The molecule has 0 bridgehead atoms. The molecule has 0 aromatic carbocycles. The minimum absolute atomic E-state index is 0.600. The molecule has 1 N–H and O–H groups in total. The molecule has 1 atom stereocenters. The third-order valence-corrected chi connectivity index (χ3v) is 4.07. The molecule has 18 heavy (non-hydrogen) atoms. The normalized spacial score (nSPS) is 19.3. The lowest BCUT2D eigenvalue weighted by Gasteiger charge is -2.38. The van der Waals surface area contributed by atoms with Gasteiger partial charge >= 0.3 is 0 Å². The van der Waals surface area contributed by atoms with Crippen molar-refractivity contribution in [3.63, 3.8) is 0 Å². The van der Waals surface area contributed by atoms with Crippen LogP contribution in [0.5, 0.6) is 0 Å². The van der Waals surface area contributed by atoms with Crippen LogP contribution in [0.4, 0.5) is 0 Å². The molecule has 0 aromatic heterocycles. The van der Waals surface area contributed by atoms with Crippen molar-refractivity contribution >= 4 is 0 Å². The summed E-state index contributed by atoms with van der Waals surface area (Å²) in [5.74, 6) is 0.777. The monoisotopic (exact) mass is 254 g/mol. The third-order valence-electron chi connectivity index (χ3n) is 4.07. The highest BCUT2D eigenvalue weighted by Crippen LogP contribution is 2.26. The van der Waals surface area contributed by atoms with Crippen LogP contribution in [0.15, 0.2) is 0 Å². The third kappa shape index (κ3) is 5.27. The molecule has 0 radical (unpaired) electrons. The van der Waals surface area contributed by atoms with Crippen LogP contribution in [0.25, 0.3) is 0 Å². The van der Waals surface area contributed by atoms with Crippen LogP contribution in [0, 0.1) is 5.92 Å². The van der Waals surface area contributed by atoms with E-state index >= 15 is 0 Å². The number of hydrogen-bond donors (Lipinski definition) is 1. The first-order valence-electron chi connectivity index (χ1n) is 8.03. The van der Waals surface area contributed by atoms with Crippen molar-refractivity contribution in [3.05, 3.63) is 0 Å². The Morgan fingerprint density at radius 3 is 2.17 bits per heavy atom. The average molecular weight is 254 g/mol. The van der Waals surface area contributed by atoms with Gasteiger partial charge in [-0.2, -0.15) is 0 Å². The topological polar surface area (TPSA) is 15.3 Å². The second-order valence-corrected chi connectivity index (χ2v) is 6.65. The average Bonchev–Trinajstić information content (AvgIpc) is 2.80. The van der Waals surface area contributed by atoms with Gasteiger partial charge in [0.25, 0.3) is 0 Å². The molecule has 0 saturated heterocycles. The van der Waals surface area contributed by atoms with E-state index in [0.717, 1.165) is 24.5 Å². The Bertz CT molecular complexity index is 207. The maximum Gasteiger partial charge on any atom is 0.0221 e. The smallest absolute Gasteiger partial charge is 0.0221 e. The van der Waals surface area contributed by atoms with Gasteiger partial charge in [0.15, 0.2) is 0 Å². The molecule has 0 heterocycles. The number of nitrogens with zero attached hydrogens (tertiary/aromatic N) is 1. The summed E-state index contributed by atoms with van der Waals surface area (Å²) in [5.41, 5.74) is 0. The summed E-state index contributed by atoms with van der Waals surface area (Å²) in [7, 11) is 0. The maximum atomic E-state index is 3.63. The SMILES string of the molecule is CCC(CNC(C)C)N(CC(C)C)C1CCCC1. The molecular formula is C16H34N2. The number of rotatable bonds is 8. The molecule has 1 unspecified atom stereocenters. The summed E-state index contributed by atoms with van der Waals surface area (Å²) in [6.07, 6.45) is 6.99. The van der Waals surface area contributed by atoms with Crippen LogP contribution in [0.1, 0.15) is 66.7 Å². The lowest BCUT2D eigenvalue weighted by atomic mass is 10.0. The molecule has 0 spiro atoms. The predicted octanol–water partition coefficient (Wildman–Crippen LogP) is 3.66. The summed E-state index contributed by atoms with van der Waals surface area (Å²) >= 11 is 0. The lowest BCUT2D eigenvalue weighted by molar-refractivity contribution is 0.111. The largest absolute Gasteiger partial charge is 0.313 e. The van der Waals surface area contributed by atoms with Gasteiger partial charge in [0.1, 0.15) is 0 Å². The van der Waals surface area contributed by atoms with Crippen LogP contribution in [-0.2, 0) is 0 Å². The first-order valence-corrected chi connectivity index (χ1v) is 8.03. The Balaban J connectivity index is 2.58. The Kier molecular flexibility index (Phi) is 7.25. The molecule has 1 saturated carbocycles. The Morgan fingerprint density at radius 2 is 1.72 bits per heavy atom. The fourth-order valence-electron chi connectivity index (χ4n) is 3.12. The van der Waals surface area contributed by atoms with E-state index in [0.29, 0.717) is 6.04 Å². The highest BCUT2D eigenvalue weighted by molar-refractivity contribution is 4.84. The standard InChI is InChI=1S/C16H34N2/c1-6-15(11-17-14(4)5)18(12-13(2)3)16-9-7-8-10-16/h13-17H,6-12H2,1-5H3. The van der Waals surface area contributed by atoms with Gasteiger partial charge in [0.05, 0.1) is 0 Å². The first kappa shape index (κ1) is 16.0. The molecule has 1 rings (SSSR count). The number of nitrogens with one attached hydrogen (secondary N) is 1. The van der Waals surface area contributed by atoms with Gasteiger partial charge < -0.3 is 5.32 Å². The van der Waals surface area contributed by atoms with Crippen LogP contribution in [0.3, 0.4) is 0 Å². The Labute approximate surface area is 115 Å². The van der Waals surface area contributed by atoms with Crippen molar-refractivity contribution in [2.75, 3.05) is 13.1 Å². The molecule has 0 aliphatic heterocycles. The first-order chi connectivity index (χ1) is 8.54. The predicted molar refractivity (Wildman–Crippen MR) is 81.0 cm³/mol. The summed E-state index contributed by atoms with van der Waals surface area (Å²) in [6.45, 7) is 14.0. The molecule has 0 aromatic rings.